The van der Waals surface area contributed by atoms with Crippen LogP contribution in [0.15, 0.2) is 18.3 Å². The fourth-order valence-corrected chi connectivity index (χ4v) is 4.66. The van der Waals surface area contributed by atoms with Gasteiger partial charge in [-0.25, -0.2) is 4.98 Å². The van der Waals surface area contributed by atoms with E-state index in [0.717, 1.165) is 64.6 Å². The second-order valence-corrected chi connectivity index (χ2v) is 8.35. The summed E-state index contributed by atoms with van der Waals surface area (Å²) >= 11 is 0. The molecule has 1 atom stereocenters. The maximum Gasteiger partial charge on any atom is 0.255 e. The third kappa shape index (κ3) is 4.82. The fraction of sp³-hybridized carbons (Fsp3) is 0.714. The summed E-state index contributed by atoms with van der Waals surface area (Å²) in [5, 5.41) is 3.51. The van der Waals surface area contributed by atoms with E-state index in [4.69, 9.17) is 4.74 Å². The zero-order valence-corrected chi connectivity index (χ0v) is 17.0. The molecule has 4 rings (SSSR count). The van der Waals surface area contributed by atoms with Gasteiger partial charge in [0.1, 0.15) is 5.82 Å². The van der Waals surface area contributed by atoms with E-state index in [-0.39, 0.29) is 5.91 Å². The minimum absolute atomic E-state index is 0.108. The highest BCUT2D eigenvalue weighted by Gasteiger charge is 2.28. The number of carbonyl (C=O) groups excluding carboxylic acids is 1. The van der Waals surface area contributed by atoms with E-state index in [1.165, 1.54) is 19.4 Å². The number of aromatic nitrogens is 1. The second kappa shape index (κ2) is 9.20. The molecule has 0 spiro atoms. The molecule has 7 nitrogen and oxygen atoms in total. The summed E-state index contributed by atoms with van der Waals surface area (Å²) in [4.78, 5) is 24.2. The normalized spacial score (nSPS) is 25.6. The predicted octanol–water partition coefficient (Wildman–Crippen LogP) is 1.52. The number of morpholine rings is 1. The summed E-state index contributed by atoms with van der Waals surface area (Å²) in [6, 6.07) is 4.89. The minimum atomic E-state index is 0.108. The van der Waals surface area contributed by atoms with Gasteiger partial charge >= 0.3 is 0 Å². The number of hydrogen-bond donors (Lipinski definition) is 1. The molecule has 3 aliphatic rings. The van der Waals surface area contributed by atoms with Gasteiger partial charge in [-0.3, -0.25) is 9.69 Å². The predicted molar refractivity (Wildman–Crippen MR) is 110 cm³/mol. The highest BCUT2D eigenvalue weighted by molar-refractivity contribution is 5.94. The van der Waals surface area contributed by atoms with Crippen LogP contribution in [0.4, 0.5) is 5.82 Å². The number of nitrogens with zero attached hydrogens (tertiary/aromatic N) is 4. The Labute approximate surface area is 168 Å². The van der Waals surface area contributed by atoms with E-state index in [2.05, 4.69) is 27.1 Å². The summed E-state index contributed by atoms with van der Waals surface area (Å²) < 4.78 is 5.45. The number of pyridine rings is 1. The lowest BCUT2D eigenvalue weighted by atomic mass is 10.0. The summed E-state index contributed by atoms with van der Waals surface area (Å²) in [5.41, 5.74) is 0.691. The molecule has 3 aliphatic heterocycles. The van der Waals surface area contributed by atoms with E-state index in [1.807, 2.05) is 17.0 Å². The summed E-state index contributed by atoms with van der Waals surface area (Å²) in [6.45, 7) is 7.58. The van der Waals surface area contributed by atoms with Gasteiger partial charge in [0.15, 0.2) is 0 Å². The molecule has 0 radical (unpaired) electrons. The van der Waals surface area contributed by atoms with Crippen molar-refractivity contribution in [2.24, 2.45) is 0 Å². The third-order valence-electron chi connectivity index (χ3n) is 6.30. The lowest BCUT2D eigenvalue weighted by Crippen LogP contribution is -2.50. The minimum Gasteiger partial charge on any atom is -0.379 e. The van der Waals surface area contributed by atoms with Gasteiger partial charge in [0.2, 0.25) is 0 Å². The van der Waals surface area contributed by atoms with Crippen molar-refractivity contribution in [1.29, 1.82) is 0 Å². The number of ether oxygens (including phenoxy) is 1. The first-order valence-corrected chi connectivity index (χ1v) is 10.7. The average molecular weight is 388 g/mol. The highest BCUT2D eigenvalue weighted by Crippen LogP contribution is 2.20. The fourth-order valence-electron chi connectivity index (χ4n) is 4.66. The van der Waals surface area contributed by atoms with Crippen molar-refractivity contribution in [3.8, 4) is 0 Å². The molecule has 0 aliphatic carbocycles. The van der Waals surface area contributed by atoms with E-state index in [9.17, 15) is 4.79 Å². The molecule has 7 heteroatoms. The van der Waals surface area contributed by atoms with Crippen LogP contribution in [0.5, 0.6) is 0 Å². The Hall–Kier alpha value is -1.70. The van der Waals surface area contributed by atoms with E-state index in [0.29, 0.717) is 17.6 Å². The summed E-state index contributed by atoms with van der Waals surface area (Å²) in [7, 11) is 2.16. The Morgan fingerprint density at radius 3 is 2.57 bits per heavy atom. The lowest BCUT2D eigenvalue weighted by Gasteiger charge is -2.40. The Kier molecular flexibility index (Phi) is 6.44. The molecule has 154 valence electrons. The number of carbonyl (C=O) groups is 1. The quantitative estimate of drug-likeness (QED) is 0.845. The van der Waals surface area contributed by atoms with Crippen LogP contribution < -0.4 is 5.32 Å². The summed E-state index contributed by atoms with van der Waals surface area (Å²) in [6.07, 6.45) is 6.21. The van der Waals surface area contributed by atoms with Crippen LogP contribution in [0.2, 0.25) is 0 Å². The maximum atomic E-state index is 12.9. The van der Waals surface area contributed by atoms with E-state index < -0.39 is 0 Å². The van der Waals surface area contributed by atoms with Crippen molar-refractivity contribution in [2.75, 3.05) is 64.8 Å². The molecular formula is C21H33N5O2. The van der Waals surface area contributed by atoms with Gasteiger partial charge in [-0.05, 0) is 51.4 Å². The molecule has 3 saturated heterocycles. The molecule has 1 N–H and O–H groups in total. The smallest absolute Gasteiger partial charge is 0.255 e. The maximum absolute atomic E-state index is 12.9. The average Bonchev–Trinajstić information content (AvgIpc) is 2.75. The largest absolute Gasteiger partial charge is 0.379 e. The monoisotopic (exact) mass is 387 g/mol. The zero-order chi connectivity index (χ0) is 19.3. The van der Waals surface area contributed by atoms with E-state index in [1.54, 1.807) is 6.20 Å². The van der Waals surface area contributed by atoms with Crippen LogP contribution in [-0.4, -0.2) is 97.2 Å². The Morgan fingerprint density at radius 1 is 1.11 bits per heavy atom. The molecule has 3 fully saturated rings. The van der Waals surface area contributed by atoms with Gasteiger partial charge in [0, 0.05) is 51.0 Å². The molecule has 4 heterocycles. The Morgan fingerprint density at radius 2 is 1.89 bits per heavy atom. The number of piperidine rings is 2. The standard InChI is InChI=1S/C21H33N5O2/c1-24-8-2-3-18(16-24)23-20-5-4-17(15-22-20)21(27)26-9-6-19(7-10-26)25-11-13-28-14-12-25/h4-5,15,18-19H,2-3,6-14,16H2,1H3,(H,22,23)/t18-/m0/s1. The number of nitrogens with one attached hydrogen (secondary N) is 1. The van der Waals surface area contributed by atoms with Gasteiger partial charge in [0.25, 0.3) is 5.91 Å². The lowest BCUT2D eigenvalue weighted by molar-refractivity contribution is 0.00158. The van der Waals surface area contributed by atoms with E-state index >= 15 is 0 Å². The Bertz CT molecular complexity index is 639. The molecule has 1 amide bonds. The number of likely N-dealkylation sites (tertiary alicyclic amines) is 2. The van der Waals surface area contributed by atoms with Crippen LogP contribution >= 0.6 is 0 Å². The molecule has 0 aromatic carbocycles. The number of amides is 1. The third-order valence-corrected chi connectivity index (χ3v) is 6.30. The van der Waals surface area contributed by atoms with Gasteiger partial charge < -0.3 is 19.9 Å². The Balaban J connectivity index is 1.27. The van der Waals surface area contributed by atoms with Crippen molar-refractivity contribution in [3.63, 3.8) is 0 Å². The number of likely N-dealkylation sites (N-methyl/N-ethyl adjacent to an activating group) is 1. The topological polar surface area (TPSA) is 60.9 Å². The first kappa shape index (κ1) is 19.6. The van der Waals surface area contributed by atoms with Gasteiger partial charge in [-0.1, -0.05) is 0 Å². The van der Waals surface area contributed by atoms with Crippen LogP contribution in [0.3, 0.4) is 0 Å². The zero-order valence-electron chi connectivity index (χ0n) is 17.0. The molecule has 1 aromatic rings. The van der Waals surface area contributed by atoms with Crippen LogP contribution in [-0.2, 0) is 4.74 Å². The number of anilines is 1. The van der Waals surface area contributed by atoms with Crippen molar-refractivity contribution in [1.82, 2.24) is 19.7 Å². The van der Waals surface area contributed by atoms with Crippen molar-refractivity contribution >= 4 is 11.7 Å². The molecule has 1 aromatic heterocycles. The highest BCUT2D eigenvalue weighted by atomic mass is 16.5. The molecular weight excluding hydrogens is 354 g/mol. The van der Waals surface area contributed by atoms with Gasteiger partial charge in [-0.2, -0.15) is 0 Å². The molecule has 0 saturated carbocycles. The second-order valence-electron chi connectivity index (χ2n) is 8.35. The SMILES string of the molecule is CN1CCC[C@H](Nc2ccc(C(=O)N3CCC(N4CCOCC4)CC3)cn2)C1. The first-order chi connectivity index (χ1) is 13.7. The van der Waals surface area contributed by atoms with Gasteiger partial charge in [0.05, 0.1) is 18.8 Å². The molecule has 0 unspecified atom stereocenters. The van der Waals surface area contributed by atoms with Gasteiger partial charge in [-0.15, -0.1) is 0 Å². The molecule has 28 heavy (non-hydrogen) atoms. The van der Waals surface area contributed by atoms with Crippen molar-refractivity contribution in [2.45, 2.75) is 37.8 Å². The van der Waals surface area contributed by atoms with Crippen molar-refractivity contribution in [3.05, 3.63) is 23.9 Å². The molecule has 0 bridgehead atoms. The van der Waals surface area contributed by atoms with Crippen LogP contribution in [0.1, 0.15) is 36.0 Å². The van der Waals surface area contributed by atoms with Crippen LogP contribution in [0.25, 0.3) is 0 Å². The number of rotatable bonds is 4. The number of hydrogen-bond acceptors (Lipinski definition) is 6. The first-order valence-electron chi connectivity index (χ1n) is 10.7. The summed E-state index contributed by atoms with van der Waals surface area (Å²) in [5.74, 6) is 0.972. The van der Waals surface area contributed by atoms with Crippen LogP contribution in [0, 0.1) is 0 Å². The van der Waals surface area contributed by atoms with Crippen molar-refractivity contribution < 1.29 is 9.53 Å².